The van der Waals surface area contributed by atoms with Crippen molar-refractivity contribution in [3.8, 4) is 11.5 Å². The van der Waals surface area contributed by atoms with Crippen LogP contribution in [0.3, 0.4) is 0 Å². The molecule has 0 saturated carbocycles. The molecule has 1 aliphatic heterocycles. The molecule has 164 valence electrons. The zero-order chi connectivity index (χ0) is 22.7. The van der Waals surface area contributed by atoms with Crippen LogP contribution < -0.4 is 14.8 Å². The summed E-state index contributed by atoms with van der Waals surface area (Å²) in [6.07, 6.45) is 0. The average molecular weight is 452 g/mol. The first-order valence-electron chi connectivity index (χ1n) is 9.99. The predicted molar refractivity (Wildman–Crippen MR) is 118 cm³/mol. The Bertz CT molecular complexity index is 1140. The number of rotatable bonds is 6. The van der Waals surface area contributed by atoms with Crippen LogP contribution in [0.1, 0.15) is 33.6 Å². The Labute approximate surface area is 188 Å². The largest absolute Gasteiger partial charge is 0.497 e. The lowest BCUT2D eigenvalue weighted by atomic mass is 9.75. The van der Waals surface area contributed by atoms with Crippen LogP contribution in [0, 0.1) is 0 Å². The first-order chi connectivity index (χ1) is 15.5. The summed E-state index contributed by atoms with van der Waals surface area (Å²) in [5.41, 5.74) is -1.23. The summed E-state index contributed by atoms with van der Waals surface area (Å²) in [5, 5.41) is 4.52. The number of hydrogen-bond donors (Lipinski definition) is 1. The third-order valence-corrected chi connectivity index (χ3v) is 6.21. The van der Waals surface area contributed by atoms with Gasteiger partial charge >= 0.3 is 11.9 Å². The Hall–Kier alpha value is -3.65. The molecule has 0 bridgehead atoms. The van der Waals surface area contributed by atoms with Gasteiger partial charge in [-0.2, -0.15) is 0 Å². The fourth-order valence-corrected chi connectivity index (χ4v) is 4.69. The molecule has 3 aromatic rings. The highest BCUT2D eigenvalue weighted by molar-refractivity contribution is 7.10. The van der Waals surface area contributed by atoms with Crippen LogP contribution >= 0.6 is 11.3 Å². The van der Waals surface area contributed by atoms with Gasteiger partial charge in [-0.05, 0) is 48.7 Å². The molecule has 1 aromatic heterocycles. The molecule has 0 fully saturated rings. The molecule has 0 unspecified atom stereocenters. The minimum absolute atomic E-state index is 0.0328. The molecule has 32 heavy (non-hydrogen) atoms. The number of carbonyl (C=O) groups excluding carboxylic acids is 3. The fourth-order valence-electron chi connectivity index (χ4n) is 3.78. The van der Waals surface area contributed by atoms with Crippen LogP contribution in [0.4, 0.5) is 0 Å². The highest BCUT2D eigenvalue weighted by Crippen LogP contribution is 2.46. The van der Waals surface area contributed by atoms with Crippen LogP contribution in [0.2, 0.25) is 0 Å². The van der Waals surface area contributed by atoms with E-state index in [1.165, 1.54) is 18.4 Å². The van der Waals surface area contributed by atoms with Crippen molar-refractivity contribution in [1.82, 2.24) is 5.32 Å². The van der Waals surface area contributed by atoms with Gasteiger partial charge in [-0.3, -0.25) is 4.79 Å². The van der Waals surface area contributed by atoms with Gasteiger partial charge in [0.15, 0.2) is 0 Å². The van der Waals surface area contributed by atoms with Crippen molar-refractivity contribution in [3.05, 3.63) is 82.0 Å². The van der Waals surface area contributed by atoms with Crippen LogP contribution in [0.25, 0.3) is 0 Å². The van der Waals surface area contributed by atoms with Gasteiger partial charge in [0, 0.05) is 16.0 Å². The van der Waals surface area contributed by atoms with Crippen molar-refractivity contribution in [2.45, 2.75) is 18.4 Å². The Morgan fingerprint density at radius 2 is 1.84 bits per heavy atom. The van der Waals surface area contributed by atoms with E-state index in [1.807, 2.05) is 17.5 Å². The third kappa shape index (κ3) is 3.62. The zero-order valence-electron chi connectivity index (χ0n) is 17.5. The normalized spacial score (nSPS) is 19.4. The van der Waals surface area contributed by atoms with Crippen LogP contribution in [-0.4, -0.2) is 37.1 Å². The van der Waals surface area contributed by atoms with Crippen LogP contribution in [-0.2, 0) is 14.3 Å². The Balaban J connectivity index is 1.86. The summed E-state index contributed by atoms with van der Waals surface area (Å²) in [4.78, 5) is 40.7. The minimum Gasteiger partial charge on any atom is -0.497 e. The Morgan fingerprint density at radius 3 is 2.50 bits per heavy atom. The molecule has 0 spiro atoms. The molecule has 2 heterocycles. The van der Waals surface area contributed by atoms with E-state index in [0.29, 0.717) is 17.1 Å². The van der Waals surface area contributed by atoms with E-state index in [1.54, 1.807) is 55.5 Å². The number of fused-ring (bicyclic) bond motifs is 1. The molecular weight excluding hydrogens is 430 g/mol. The molecule has 7 nitrogen and oxygen atoms in total. The van der Waals surface area contributed by atoms with E-state index in [0.717, 1.165) is 4.88 Å². The van der Waals surface area contributed by atoms with Gasteiger partial charge in [0.25, 0.3) is 5.91 Å². The SMILES string of the molecule is CCOC(=O)[C@]1(NC(=O)c2ccc(OC)cc2)C(=O)Oc2ccccc2[C@@H]1c1cccs1. The van der Waals surface area contributed by atoms with Crippen molar-refractivity contribution in [2.24, 2.45) is 0 Å². The van der Waals surface area contributed by atoms with Crippen molar-refractivity contribution in [2.75, 3.05) is 13.7 Å². The molecule has 4 rings (SSSR count). The first-order valence-corrected chi connectivity index (χ1v) is 10.9. The van der Waals surface area contributed by atoms with Gasteiger partial charge in [0.1, 0.15) is 11.5 Å². The highest BCUT2D eigenvalue weighted by Gasteiger charge is 2.61. The van der Waals surface area contributed by atoms with E-state index >= 15 is 0 Å². The number of hydrogen-bond acceptors (Lipinski definition) is 7. The lowest BCUT2D eigenvalue weighted by Crippen LogP contribution is -2.67. The number of esters is 2. The summed E-state index contributed by atoms with van der Waals surface area (Å²) < 4.78 is 16.0. The second-order valence-electron chi connectivity index (χ2n) is 7.09. The smallest absolute Gasteiger partial charge is 0.350 e. The molecular formula is C24H21NO6S. The average Bonchev–Trinajstić information content (AvgIpc) is 3.34. The summed E-state index contributed by atoms with van der Waals surface area (Å²) in [5.74, 6) is -2.28. The maximum atomic E-state index is 13.4. The molecule has 1 amide bonds. The number of ether oxygens (including phenoxy) is 3. The molecule has 0 aliphatic carbocycles. The molecule has 2 aromatic carbocycles. The summed E-state index contributed by atoms with van der Waals surface area (Å²) in [7, 11) is 1.52. The van der Waals surface area contributed by atoms with Gasteiger partial charge in [0.2, 0.25) is 5.54 Å². The van der Waals surface area contributed by atoms with Gasteiger partial charge in [-0.1, -0.05) is 24.3 Å². The maximum Gasteiger partial charge on any atom is 0.350 e. The standard InChI is InChI=1S/C24H21NO6S/c1-3-30-22(27)24(25-21(26)15-10-12-16(29-2)13-11-15)20(19-9-6-14-32-19)17-7-4-5-8-18(17)31-23(24)28/h4-14,20H,3H2,1-2H3,(H,25,26)/t20-,24+/m1/s1. The van der Waals surface area contributed by atoms with Gasteiger partial charge < -0.3 is 19.5 Å². The summed E-state index contributed by atoms with van der Waals surface area (Å²) >= 11 is 1.38. The quantitative estimate of drug-likeness (QED) is 0.350. The van der Waals surface area contributed by atoms with Crippen molar-refractivity contribution in [1.29, 1.82) is 0 Å². The maximum absolute atomic E-state index is 13.4. The second-order valence-corrected chi connectivity index (χ2v) is 8.07. The van der Waals surface area contributed by atoms with Crippen molar-refractivity contribution >= 4 is 29.2 Å². The zero-order valence-corrected chi connectivity index (χ0v) is 18.3. The number of carbonyl (C=O) groups is 3. The van der Waals surface area contributed by atoms with E-state index in [-0.39, 0.29) is 12.2 Å². The number of methoxy groups -OCH3 is 1. The molecule has 1 N–H and O–H groups in total. The molecule has 8 heteroatoms. The van der Waals surface area contributed by atoms with Gasteiger partial charge in [0.05, 0.1) is 19.6 Å². The lowest BCUT2D eigenvalue weighted by Gasteiger charge is -2.40. The molecule has 1 aliphatic rings. The summed E-state index contributed by atoms with van der Waals surface area (Å²) in [6, 6.07) is 17.0. The molecule has 0 radical (unpaired) electrons. The van der Waals surface area contributed by atoms with Crippen LogP contribution in [0.5, 0.6) is 11.5 Å². The monoisotopic (exact) mass is 451 g/mol. The predicted octanol–water partition coefficient (Wildman–Crippen LogP) is 3.54. The fraction of sp³-hybridized carbons (Fsp3) is 0.208. The first kappa shape index (κ1) is 21.6. The number of para-hydroxylation sites is 1. The van der Waals surface area contributed by atoms with Gasteiger partial charge in [-0.25, -0.2) is 9.59 Å². The topological polar surface area (TPSA) is 90.9 Å². The number of thiophene rings is 1. The van der Waals surface area contributed by atoms with Gasteiger partial charge in [-0.15, -0.1) is 11.3 Å². The number of nitrogens with one attached hydrogen (secondary N) is 1. The lowest BCUT2D eigenvalue weighted by molar-refractivity contribution is -0.163. The Morgan fingerprint density at radius 1 is 1.09 bits per heavy atom. The number of benzene rings is 2. The van der Waals surface area contributed by atoms with Crippen molar-refractivity contribution < 1.29 is 28.6 Å². The van der Waals surface area contributed by atoms with Crippen molar-refractivity contribution in [3.63, 3.8) is 0 Å². The van der Waals surface area contributed by atoms with E-state index in [9.17, 15) is 14.4 Å². The third-order valence-electron chi connectivity index (χ3n) is 5.28. The minimum atomic E-state index is -2.09. The summed E-state index contributed by atoms with van der Waals surface area (Å²) in [6.45, 7) is 1.67. The second kappa shape index (κ2) is 8.84. The molecule has 2 atom stereocenters. The Kier molecular flexibility index (Phi) is 5.96. The van der Waals surface area contributed by atoms with E-state index < -0.39 is 29.3 Å². The highest BCUT2D eigenvalue weighted by atomic mass is 32.1. The van der Waals surface area contributed by atoms with E-state index in [4.69, 9.17) is 14.2 Å². The van der Waals surface area contributed by atoms with E-state index in [2.05, 4.69) is 5.32 Å². The number of amides is 1. The van der Waals surface area contributed by atoms with Crippen LogP contribution in [0.15, 0.2) is 66.0 Å². The molecule has 0 saturated heterocycles.